The Morgan fingerprint density at radius 2 is 1.85 bits per heavy atom. The van der Waals surface area contributed by atoms with Gasteiger partial charge in [-0.1, -0.05) is 30.3 Å². The minimum atomic E-state index is -0.701. The van der Waals surface area contributed by atoms with Crippen molar-refractivity contribution in [2.24, 2.45) is 0 Å². The van der Waals surface area contributed by atoms with Crippen LogP contribution in [0.5, 0.6) is 0 Å². The number of anilines is 1. The van der Waals surface area contributed by atoms with Gasteiger partial charge in [0.25, 0.3) is 5.91 Å². The van der Waals surface area contributed by atoms with Gasteiger partial charge in [-0.2, -0.15) is 0 Å². The van der Waals surface area contributed by atoms with Crippen molar-refractivity contribution < 1.29 is 18.7 Å². The average molecular weight is 350 g/mol. The van der Waals surface area contributed by atoms with Crippen LogP contribution in [0.3, 0.4) is 0 Å². The third-order valence-corrected chi connectivity index (χ3v) is 3.65. The molecule has 0 fully saturated rings. The number of hydrogen-bond acceptors (Lipinski definition) is 5. The first-order chi connectivity index (χ1) is 12.5. The van der Waals surface area contributed by atoms with Gasteiger partial charge in [0, 0.05) is 11.3 Å². The molecule has 3 aromatic rings. The number of amides is 1. The van der Waals surface area contributed by atoms with Crippen molar-refractivity contribution in [2.45, 2.75) is 13.8 Å². The molecule has 0 spiro atoms. The van der Waals surface area contributed by atoms with Gasteiger partial charge in [0.15, 0.2) is 12.3 Å². The Labute approximate surface area is 150 Å². The Bertz CT molecular complexity index is 932. The molecule has 1 amide bonds. The fraction of sp³-hybridized carbons (Fsp3) is 0.150. The lowest BCUT2D eigenvalue weighted by Crippen LogP contribution is -2.21. The van der Waals surface area contributed by atoms with E-state index in [4.69, 9.17) is 9.15 Å². The predicted octanol–water partition coefficient (Wildman–Crippen LogP) is 3.75. The van der Waals surface area contributed by atoms with Crippen LogP contribution in [0.25, 0.3) is 11.5 Å². The molecule has 0 aliphatic carbocycles. The van der Waals surface area contributed by atoms with Gasteiger partial charge in [0.05, 0.1) is 0 Å². The number of nitrogens with zero attached hydrogens (tertiary/aromatic N) is 1. The summed E-state index contributed by atoms with van der Waals surface area (Å²) in [5.41, 5.74) is 2.49. The number of esters is 1. The molecule has 0 atom stereocenters. The monoisotopic (exact) mass is 350 g/mol. The molecule has 1 N–H and O–H groups in total. The van der Waals surface area contributed by atoms with Crippen LogP contribution in [-0.2, 0) is 9.53 Å². The van der Waals surface area contributed by atoms with E-state index in [1.165, 1.54) is 0 Å². The van der Waals surface area contributed by atoms with E-state index in [-0.39, 0.29) is 5.69 Å². The molecular formula is C20H18N2O4. The van der Waals surface area contributed by atoms with Gasteiger partial charge >= 0.3 is 5.97 Å². The topological polar surface area (TPSA) is 81.4 Å². The number of nitrogens with one attached hydrogen (secondary N) is 1. The number of benzene rings is 2. The summed E-state index contributed by atoms with van der Waals surface area (Å²) in [5, 5.41) is 2.68. The molecule has 0 radical (unpaired) electrons. The van der Waals surface area contributed by atoms with Crippen LogP contribution in [0, 0.1) is 13.8 Å². The minimum Gasteiger partial charge on any atom is -0.451 e. The quantitative estimate of drug-likeness (QED) is 0.709. The maximum absolute atomic E-state index is 12.2. The molecule has 132 valence electrons. The third-order valence-electron chi connectivity index (χ3n) is 3.65. The van der Waals surface area contributed by atoms with Crippen molar-refractivity contribution in [2.75, 3.05) is 11.9 Å². The van der Waals surface area contributed by atoms with E-state index in [0.717, 1.165) is 11.1 Å². The van der Waals surface area contributed by atoms with Crippen LogP contribution >= 0.6 is 0 Å². The molecule has 0 unspecified atom stereocenters. The molecule has 0 saturated heterocycles. The van der Waals surface area contributed by atoms with Gasteiger partial charge in [-0.05, 0) is 43.7 Å². The summed E-state index contributed by atoms with van der Waals surface area (Å²) < 4.78 is 10.6. The second kappa shape index (κ2) is 7.65. The molecule has 2 aromatic carbocycles. The summed E-state index contributed by atoms with van der Waals surface area (Å²) in [7, 11) is 0. The van der Waals surface area contributed by atoms with Crippen molar-refractivity contribution in [1.82, 2.24) is 4.98 Å². The fourth-order valence-corrected chi connectivity index (χ4v) is 2.41. The standard InChI is InChI=1S/C20H18N2O4/c1-13-7-6-10-16(11-13)21-17(23)12-25-20(24)18-14(2)26-19(22-18)15-8-4-3-5-9-15/h3-11H,12H2,1-2H3,(H,21,23). The molecule has 0 bridgehead atoms. The molecule has 6 heteroatoms. The molecule has 0 saturated carbocycles. The molecular weight excluding hydrogens is 332 g/mol. The smallest absolute Gasteiger partial charge is 0.361 e. The van der Waals surface area contributed by atoms with E-state index in [1.54, 1.807) is 13.0 Å². The first kappa shape index (κ1) is 17.4. The molecule has 26 heavy (non-hydrogen) atoms. The lowest BCUT2D eigenvalue weighted by molar-refractivity contribution is -0.119. The maximum atomic E-state index is 12.2. The highest BCUT2D eigenvalue weighted by Gasteiger charge is 2.20. The molecule has 0 aliphatic rings. The number of aryl methyl sites for hydroxylation is 2. The van der Waals surface area contributed by atoms with Crippen molar-refractivity contribution in [3.63, 3.8) is 0 Å². The Kier molecular flexibility index (Phi) is 5.12. The summed E-state index contributed by atoms with van der Waals surface area (Å²) in [5.74, 6) is -0.451. The Morgan fingerprint density at radius 3 is 2.58 bits per heavy atom. The van der Waals surface area contributed by atoms with Gasteiger partial charge in [-0.15, -0.1) is 0 Å². The number of oxazole rings is 1. The highest BCUT2D eigenvalue weighted by Crippen LogP contribution is 2.21. The van der Waals surface area contributed by atoms with Gasteiger partial charge in [0.1, 0.15) is 5.76 Å². The van der Waals surface area contributed by atoms with E-state index in [9.17, 15) is 9.59 Å². The Hall–Kier alpha value is -3.41. The van der Waals surface area contributed by atoms with Gasteiger partial charge in [-0.3, -0.25) is 4.79 Å². The predicted molar refractivity (Wildman–Crippen MR) is 96.8 cm³/mol. The fourth-order valence-electron chi connectivity index (χ4n) is 2.41. The van der Waals surface area contributed by atoms with E-state index < -0.39 is 18.5 Å². The first-order valence-corrected chi connectivity index (χ1v) is 8.09. The summed E-state index contributed by atoms with van der Waals surface area (Å²) in [6.45, 7) is 3.15. The summed E-state index contributed by atoms with van der Waals surface area (Å²) >= 11 is 0. The zero-order chi connectivity index (χ0) is 18.5. The van der Waals surface area contributed by atoms with Crippen molar-refractivity contribution >= 4 is 17.6 Å². The van der Waals surface area contributed by atoms with Crippen molar-refractivity contribution in [3.05, 3.63) is 71.6 Å². The molecule has 6 nitrogen and oxygen atoms in total. The summed E-state index contributed by atoms with van der Waals surface area (Å²) in [6, 6.07) is 16.6. The van der Waals surface area contributed by atoms with Crippen LogP contribution in [0.4, 0.5) is 5.69 Å². The van der Waals surface area contributed by atoms with E-state index in [1.807, 2.05) is 55.5 Å². The SMILES string of the molecule is Cc1cccc(NC(=O)COC(=O)c2nc(-c3ccccc3)oc2C)c1. The highest BCUT2D eigenvalue weighted by atomic mass is 16.5. The zero-order valence-corrected chi connectivity index (χ0v) is 14.5. The number of aromatic nitrogens is 1. The highest BCUT2D eigenvalue weighted by molar-refractivity contribution is 5.95. The van der Waals surface area contributed by atoms with E-state index in [2.05, 4.69) is 10.3 Å². The zero-order valence-electron chi connectivity index (χ0n) is 14.5. The summed E-state index contributed by atoms with van der Waals surface area (Å²) in [4.78, 5) is 28.3. The number of carbonyl (C=O) groups is 2. The molecule has 0 aliphatic heterocycles. The van der Waals surface area contributed by atoms with Crippen molar-refractivity contribution in [1.29, 1.82) is 0 Å². The molecule has 3 rings (SSSR count). The lowest BCUT2D eigenvalue weighted by Gasteiger charge is -2.06. The van der Waals surface area contributed by atoms with Crippen LogP contribution in [-0.4, -0.2) is 23.5 Å². The number of rotatable bonds is 5. The Balaban J connectivity index is 1.61. The van der Waals surface area contributed by atoms with Crippen LogP contribution in [0.15, 0.2) is 59.0 Å². The lowest BCUT2D eigenvalue weighted by atomic mass is 10.2. The number of carbonyl (C=O) groups excluding carboxylic acids is 2. The van der Waals surface area contributed by atoms with E-state index in [0.29, 0.717) is 17.3 Å². The Morgan fingerprint density at radius 1 is 1.08 bits per heavy atom. The largest absolute Gasteiger partial charge is 0.451 e. The molecule has 1 aromatic heterocycles. The van der Waals surface area contributed by atoms with Crippen LogP contribution in [0.1, 0.15) is 21.8 Å². The van der Waals surface area contributed by atoms with Gasteiger partial charge < -0.3 is 14.5 Å². The van der Waals surface area contributed by atoms with Crippen molar-refractivity contribution in [3.8, 4) is 11.5 Å². The number of hydrogen-bond donors (Lipinski definition) is 1. The van der Waals surface area contributed by atoms with Gasteiger partial charge in [0.2, 0.25) is 5.89 Å². The molecule has 1 heterocycles. The second-order valence-corrected chi connectivity index (χ2v) is 5.78. The first-order valence-electron chi connectivity index (χ1n) is 8.09. The second-order valence-electron chi connectivity index (χ2n) is 5.78. The van der Waals surface area contributed by atoms with Crippen LogP contribution < -0.4 is 5.32 Å². The maximum Gasteiger partial charge on any atom is 0.361 e. The summed E-state index contributed by atoms with van der Waals surface area (Å²) in [6.07, 6.45) is 0. The van der Waals surface area contributed by atoms with Crippen LogP contribution in [0.2, 0.25) is 0 Å². The number of ether oxygens (including phenoxy) is 1. The van der Waals surface area contributed by atoms with Gasteiger partial charge in [-0.25, -0.2) is 9.78 Å². The van der Waals surface area contributed by atoms with E-state index >= 15 is 0 Å². The third kappa shape index (κ3) is 4.16. The normalized spacial score (nSPS) is 10.4. The minimum absolute atomic E-state index is 0.0622. The average Bonchev–Trinajstić information content (AvgIpc) is 3.02.